The van der Waals surface area contributed by atoms with Crippen LogP contribution in [0.3, 0.4) is 0 Å². The molecule has 0 aliphatic heterocycles. The van der Waals surface area contributed by atoms with E-state index in [9.17, 15) is 9.90 Å². The number of likely N-dealkylation sites (N-methyl/N-ethyl adjacent to an activating group) is 1. The Hall–Kier alpha value is -2.01. The van der Waals surface area contributed by atoms with Crippen LogP contribution in [-0.2, 0) is 17.8 Å². The molecule has 4 nitrogen and oxygen atoms in total. The topological polar surface area (TPSA) is 61.4 Å². The van der Waals surface area contributed by atoms with Crippen molar-refractivity contribution in [2.45, 2.75) is 13.0 Å². The van der Waals surface area contributed by atoms with Crippen LogP contribution in [0.25, 0.3) is 0 Å². The maximum atomic E-state index is 11.5. The van der Waals surface area contributed by atoms with E-state index in [1.165, 1.54) is 0 Å². The van der Waals surface area contributed by atoms with Crippen LogP contribution in [-0.4, -0.2) is 18.1 Å². The molecule has 21 heavy (non-hydrogen) atoms. The number of carbonyl (C=O) groups excluding carboxylic acids is 1. The summed E-state index contributed by atoms with van der Waals surface area (Å²) in [7, 11) is 1.62. The molecule has 0 aliphatic rings. The first-order chi connectivity index (χ1) is 10.1. The predicted molar refractivity (Wildman–Crippen MR) is 87.3 cm³/mol. The van der Waals surface area contributed by atoms with E-state index in [2.05, 4.69) is 26.6 Å². The van der Waals surface area contributed by atoms with Crippen molar-refractivity contribution in [2.24, 2.45) is 0 Å². The summed E-state index contributed by atoms with van der Waals surface area (Å²) >= 11 is 3.39. The quantitative estimate of drug-likeness (QED) is 0.778. The Morgan fingerprint density at radius 3 is 2.71 bits per heavy atom. The van der Waals surface area contributed by atoms with E-state index < -0.39 is 0 Å². The van der Waals surface area contributed by atoms with Gasteiger partial charge in [0, 0.05) is 29.3 Å². The highest BCUT2D eigenvalue weighted by Crippen LogP contribution is 2.24. The first-order valence-corrected chi connectivity index (χ1v) is 7.39. The number of phenols is 1. The normalized spacial score (nSPS) is 10.2. The second-order valence-electron chi connectivity index (χ2n) is 4.63. The molecule has 0 saturated carbocycles. The summed E-state index contributed by atoms with van der Waals surface area (Å²) < 4.78 is 0.913. The van der Waals surface area contributed by atoms with E-state index in [-0.39, 0.29) is 11.7 Å². The Morgan fingerprint density at radius 1 is 1.19 bits per heavy atom. The maximum absolute atomic E-state index is 11.5. The number of hydrogen-bond donors (Lipinski definition) is 3. The van der Waals surface area contributed by atoms with Gasteiger partial charge in [-0.25, -0.2) is 0 Å². The molecule has 0 aromatic heterocycles. The summed E-state index contributed by atoms with van der Waals surface area (Å²) in [6.45, 7) is 0.482. The number of rotatable bonds is 5. The minimum absolute atomic E-state index is 0.0328. The molecule has 1 amide bonds. The fraction of sp³-hybridized carbons (Fsp3) is 0.188. The Labute approximate surface area is 132 Å². The summed E-state index contributed by atoms with van der Waals surface area (Å²) in [5, 5.41) is 15.7. The molecule has 0 saturated heterocycles. The minimum Gasteiger partial charge on any atom is -0.508 e. The summed E-state index contributed by atoms with van der Waals surface area (Å²) in [6, 6.07) is 13.0. The standard InChI is InChI=1S/C16H17BrN2O2/c1-18-16(21)9-11-4-2-3-5-14(11)19-10-12-8-13(17)6-7-15(12)20/h2-8,19-20H,9-10H2,1H3,(H,18,21). The fourth-order valence-corrected chi connectivity index (χ4v) is 2.40. The van der Waals surface area contributed by atoms with Crippen molar-refractivity contribution in [3.63, 3.8) is 0 Å². The molecule has 2 aromatic carbocycles. The van der Waals surface area contributed by atoms with Crippen LogP contribution in [0.15, 0.2) is 46.9 Å². The fourth-order valence-electron chi connectivity index (χ4n) is 1.99. The lowest BCUT2D eigenvalue weighted by Gasteiger charge is -2.12. The second-order valence-corrected chi connectivity index (χ2v) is 5.55. The molecule has 0 atom stereocenters. The third kappa shape index (κ3) is 4.23. The van der Waals surface area contributed by atoms with Crippen molar-refractivity contribution in [2.75, 3.05) is 12.4 Å². The maximum Gasteiger partial charge on any atom is 0.224 e. The first kappa shape index (κ1) is 15.4. The molecule has 0 heterocycles. The number of halogens is 1. The van der Waals surface area contributed by atoms with Crippen LogP contribution in [0, 0.1) is 0 Å². The Balaban J connectivity index is 2.13. The van der Waals surface area contributed by atoms with Gasteiger partial charge in [-0.15, -0.1) is 0 Å². The van der Waals surface area contributed by atoms with Crippen LogP contribution < -0.4 is 10.6 Å². The van der Waals surface area contributed by atoms with Crippen molar-refractivity contribution in [1.82, 2.24) is 5.32 Å². The number of nitrogens with one attached hydrogen (secondary N) is 2. The summed E-state index contributed by atoms with van der Waals surface area (Å²) in [5.74, 6) is 0.212. The van der Waals surface area contributed by atoms with Gasteiger partial charge >= 0.3 is 0 Å². The Bertz CT molecular complexity index is 644. The van der Waals surface area contributed by atoms with Crippen LogP contribution in [0.1, 0.15) is 11.1 Å². The summed E-state index contributed by atoms with van der Waals surface area (Å²) in [5.41, 5.74) is 2.60. The van der Waals surface area contributed by atoms with E-state index in [0.717, 1.165) is 21.3 Å². The van der Waals surface area contributed by atoms with E-state index in [4.69, 9.17) is 0 Å². The number of hydrogen-bond acceptors (Lipinski definition) is 3. The molecule has 0 bridgehead atoms. The van der Waals surface area contributed by atoms with Crippen molar-refractivity contribution in [3.05, 3.63) is 58.1 Å². The Morgan fingerprint density at radius 2 is 1.95 bits per heavy atom. The SMILES string of the molecule is CNC(=O)Cc1ccccc1NCc1cc(Br)ccc1O. The molecular formula is C16H17BrN2O2. The molecule has 5 heteroatoms. The van der Waals surface area contributed by atoms with Crippen molar-refractivity contribution < 1.29 is 9.90 Å². The molecule has 0 fully saturated rings. The van der Waals surface area contributed by atoms with Gasteiger partial charge in [-0.3, -0.25) is 4.79 Å². The number of benzene rings is 2. The highest BCUT2D eigenvalue weighted by Gasteiger charge is 2.07. The average Bonchev–Trinajstić information content (AvgIpc) is 2.49. The van der Waals surface area contributed by atoms with Gasteiger partial charge in [0.25, 0.3) is 0 Å². The Kier molecular flexibility index (Phi) is 5.22. The molecule has 2 aromatic rings. The highest BCUT2D eigenvalue weighted by atomic mass is 79.9. The average molecular weight is 349 g/mol. The van der Waals surface area contributed by atoms with E-state index in [0.29, 0.717) is 13.0 Å². The van der Waals surface area contributed by atoms with Gasteiger partial charge < -0.3 is 15.7 Å². The second kappa shape index (κ2) is 7.13. The zero-order valence-corrected chi connectivity index (χ0v) is 13.3. The molecule has 3 N–H and O–H groups in total. The van der Waals surface area contributed by atoms with Gasteiger partial charge in [0.05, 0.1) is 6.42 Å². The number of para-hydroxylation sites is 1. The highest BCUT2D eigenvalue weighted by molar-refractivity contribution is 9.10. The number of amides is 1. The predicted octanol–water partition coefficient (Wildman–Crippen LogP) is 3.06. The van der Waals surface area contributed by atoms with Gasteiger partial charge in [0.2, 0.25) is 5.91 Å². The monoisotopic (exact) mass is 348 g/mol. The van der Waals surface area contributed by atoms with E-state index >= 15 is 0 Å². The molecule has 110 valence electrons. The number of phenolic OH excluding ortho intramolecular Hbond substituents is 1. The summed E-state index contributed by atoms with van der Waals surface area (Å²) in [4.78, 5) is 11.5. The lowest BCUT2D eigenvalue weighted by molar-refractivity contribution is -0.119. The number of aromatic hydroxyl groups is 1. The summed E-state index contributed by atoms with van der Waals surface area (Å²) in [6.07, 6.45) is 0.324. The lowest BCUT2D eigenvalue weighted by Crippen LogP contribution is -2.20. The van der Waals surface area contributed by atoms with E-state index in [1.54, 1.807) is 19.2 Å². The smallest absolute Gasteiger partial charge is 0.224 e. The molecule has 0 radical (unpaired) electrons. The third-order valence-electron chi connectivity index (χ3n) is 3.16. The molecule has 0 aliphatic carbocycles. The van der Waals surface area contributed by atoms with Crippen molar-refractivity contribution >= 4 is 27.5 Å². The molecular weight excluding hydrogens is 332 g/mol. The van der Waals surface area contributed by atoms with Gasteiger partial charge in [-0.2, -0.15) is 0 Å². The zero-order chi connectivity index (χ0) is 15.2. The van der Waals surface area contributed by atoms with Crippen LogP contribution in [0.4, 0.5) is 5.69 Å². The molecule has 0 spiro atoms. The number of carbonyl (C=O) groups is 1. The van der Waals surface area contributed by atoms with E-state index in [1.807, 2.05) is 30.3 Å². The van der Waals surface area contributed by atoms with Gasteiger partial charge in [-0.05, 0) is 29.8 Å². The molecule has 0 unspecified atom stereocenters. The van der Waals surface area contributed by atoms with Crippen LogP contribution in [0.5, 0.6) is 5.75 Å². The molecule has 2 rings (SSSR count). The number of anilines is 1. The van der Waals surface area contributed by atoms with Crippen molar-refractivity contribution in [1.29, 1.82) is 0 Å². The minimum atomic E-state index is -0.0328. The largest absolute Gasteiger partial charge is 0.508 e. The van der Waals surface area contributed by atoms with Crippen molar-refractivity contribution in [3.8, 4) is 5.75 Å². The van der Waals surface area contributed by atoms with Crippen LogP contribution in [0.2, 0.25) is 0 Å². The van der Waals surface area contributed by atoms with Gasteiger partial charge in [0.15, 0.2) is 0 Å². The van der Waals surface area contributed by atoms with Crippen LogP contribution >= 0.6 is 15.9 Å². The zero-order valence-electron chi connectivity index (χ0n) is 11.7. The van der Waals surface area contributed by atoms with Gasteiger partial charge in [-0.1, -0.05) is 34.1 Å². The van der Waals surface area contributed by atoms with Gasteiger partial charge in [0.1, 0.15) is 5.75 Å². The third-order valence-corrected chi connectivity index (χ3v) is 3.65. The first-order valence-electron chi connectivity index (χ1n) is 6.60. The lowest BCUT2D eigenvalue weighted by atomic mass is 10.1.